The smallest absolute Gasteiger partial charge is 0.420 e. The molecule has 1 aromatic rings. The first-order valence-corrected chi connectivity index (χ1v) is 4.44. The van der Waals surface area contributed by atoms with Crippen molar-refractivity contribution in [2.24, 2.45) is 0 Å². The number of hydrogen-bond acceptors (Lipinski definition) is 3. The van der Waals surface area contributed by atoms with Crippen molar-refractivity contribution in [2.75, 3.05) is 13.2 Å². The zero-order valence-electron chi connectivity index (χ0n) is 7.97. The third-order valence-corrected chi connectivity index (χ3v) is 2.11. The van der Waals surface area contributed by atoms with Gasteiger partial charge in [-0.2, -0.15) is 18.4 Å². The summed E-state index contributed by atoms with van der Waals surface area (Å²) in [5.41, 5.74) is -0.871. The lowest BCUT2D eigenvalue weighted by Gasteiger charge is -2.22. The van der Waals surface area contributed by atoms with Crippen LogP contribution in [-0.2, 0) is 6.18 Å². The van der Waals surface area contributed by atoms with E-state index in [0.29, 0.717) is 0 Å². The molecule has 0 aliphatic carbocycles. The predicted octanol–water partition coefficient (Wildman–Crippen LogP) is 2.35. The largest absolute Gasteiger partial charge is 0.485 e. The SMILES string of the molecule is N#Cc1ccc(C(F)(F)F)c2c1OCCO2. The standard InChI is InChI=1S/C10H6F3NO2/c11-10(12,13)7-2-1-6(5-14)8-9(7)16-4-3-15-8/h1-2H,3-4H2. The van der Waals surface area contributed by atoms with Crippen LogP contribution in [0.4, 0.5) is 13.2 Å². The average Bonchev–Trinajstić information content (AvgIpc) is 2.26. The van der Waals surface area contributed by atoms with Gasteiger partial charge in [-0.25, -0.2) is 0 Å². The van der Waals surface area contributed by atoms with Gasteiger partial charge < -0.3 is 9.47 Å². The minimum atomic E-state index is -4.52. The molecule has 0 saturated carbocycles. The highest BCUT2D eigenvalue weighted by atomic mass is 19.4. The molecule has 0 radical (unpaired) electrons. The Morgan fingerprint density at radius 1 is 1.12 bits per heavy atom. The summed E-state index contributed by atoms with van der Waals surface area (Å²) in [6, 6.07) is 3.67. The van der Waals surface area contributed by atoms with Crippen LogP contribution in [0.25, 0.3) is 0 Å². The van der Waals surface area contributed by atoms with E-state index in [-0.39, 0.29) is 24.5 Å². The van der Waals surface area contributed by atoms with E-state index in [1.165, 1.54) is 0 Å². The van der Waals surface area contributed by atoms with E-state index in [9.17, 15) is 13.2 Å². The first kappa shape index (κ1) is 10.6. The van der Waals surface area contributed by atoms with Gasteiger partial charge in [0.25, 0.3) is 0 Å². The van der Waals surface area contributed by atoms with E-state index in [4.69, 9.17) is 14.7 Å². The van der Waals surface area contributed by atoms with Gasteiger partial charge in [-0.15, -0.1) is 0 Å². The van der Waals surface area contributed by atoms with Crippen molar-refractivity contribution in [1.29, 1.82) is 5.26 Å². The molecule has 0 fully saturated rings. The van der Waals surface area contributed by atoms with Gasteiger partial charge in [0.05, 0.1) is 5.56 Å². The van der Waals surface area contributed by atoms with Crippen molar-refractivity contribution in [3.8, 4) is 17.6 Å². The predicted molar refractivity (Wildman–Crippen MR) is 47.1 cm³/mol. The average molecular weight is 229 g/mol. The molecule has 1 heterocycles. The van der Waals surface area contributed by atoms with Crippen LogP contribution in [0.3, 0.4) is 0 Å². The summed E-state index contributed by atoms with van der Waals surface area (Å²) in [5.74, 6) is -0.513. The highest BCUT2D eigenvalue weighted by Gasteiger charge is 2.37. The van der Waals surface area contributed by atoms with Crippen molar-refractivity contribution >= 4 is 0 Å². The number of alkyl halides is 3. The van der Waals surface area contributed by atoms with Crippen LogP contribution in [0, 0.1) is 11.3 Å². The Bertz CT molecular complexity index is 462. The molecule has 84 valence electrons. The molecule has 1 aliphatic heterocycles. The monoisotopic (exact) mass is 229 g/mol. The number of benzene rings is 1. The van der Waals surface area contributed by atoms with Crippen molar-refractivity contribution in [2.45, 2.75) is 6.18 Å². The summed E-state index contributed by atoms with van der Waals surface area (Å²) in [6.45, 7) is 0.188. The van der Waals surface area contributed by atoms with Gasteiger partial charge in [-0.3, -0.25) is 0 Å². The maximum absolute atomic E-state index is 12.6. The fraction of sp³-hybridized carbons (Fsp3) is 0.300. The van der Waals surface area contributed by atoms with E-state index < -0.39 is 17.5 Å². The van der Waals surface area contributed by atoms with Gasteiger partial charge in [0.15, 0.2) is 11.5 Å². The van der Waals surface area contributed by atoms with Crippen LogP contribution in [0.5, 0.6) is 11.5 Å². The Kier molecular flexibility index (Phi) is 2.38. The topological polar surface area (TPSA) is 42.2 Å². The number of fused-ring (bicyclic) bond motifs is 1. The summed E-state index contributed by atoms with van der Waals surface area (Å²) < 4.78 is 47.7. The highest BCUT2D eigenvalue weighted by molar-refractivity contribution is 5.57. The normalized spacial score (nSPS) is 14.4. The zero-order valence-corrected chi connectivity index (χ0v) is 7.97. The van der Waals surface area contributed by atoms with Gasteiger partial charge >= 0.3 is 6.18 Å². The van der Waals surface area contributed by atoms with Crippen molar-refractivity contribution in [3.63, 3.8) is 0 Å². The van der Waals surface area contributed by atoms with Gasteiger partial charge in [0, 0.05) is 0 Å². The Labute approximate surface area is 89.0 Å². The zero-order chi connectivity index (χ0) is 11.8. The molecular formula is C10H6F3NO2. The van der Waals surface area contributed by atoms with Crippen molar-refractivity contribution < 1.29 is 22.6 Å². The van der Waals surface area contributed by atoms with E-state index in [1.807, 2.05) is 0 Å². The first-order chi connectivity index (χ1) is 7.54. The number of nitriles is 1. The number of ether oxygens (including phenoxy) is 2. The molecule has 3 nitrogen and oxygen atoms in total. The minimum absolute atomic E-state index is 0.0442. The van der Waals surface area contributed by atoms with E-state index >= 15 is 0 Å². The quantitative estimate of drug-likeness (QED) is 0.685. The lowest BCUT2D eigenvalue weighted by atomic mass is 10.1. The van der Waals surface area contributed by atoms with E-state index in [1.54, 1.807) is 6.07 Å². The Morgan fingerprint density at radius 3 is 2.31 bits per heavy atom. The molecule has 1 aromatic carbocycles. The minimum Gasteiger partial charge on any atom is -0.485 e. The number of halogens is 3. The van der Waals surface area contributed by atoms with Crippen LogP contribution in [0.1, 0.15) is 11.1 Å². The molecule has 0 spiro atoms. The highest BCUT2D eigenvalue weighted by Crippen LogP contribution is 2.44. The first-order valence-electron chi connectivity index (χ1n) is 4.44. The summed E-state index contributed by atoms with van der Waals surface area (Å²) in [4.78, 5) is 0. The molecule has 0 bridgehead atoms. The molecular weight excluding hydrogens is 223 g/mol. The van der Waals surface area contributed by atoms with Gasteiger partial charge in [-0.1, -0.05) is 0 Å². The number of nitrogens with zero attached hydrogens (tertiary/aromatic N) is 1. The second-order valence-corrected chi connectivity index (χ2v) is 3.13. The second-order valence-electron chi connectivity index (χ2n) is 3.13. The van der Waals surface area contributed by atoms with Crippen LogP contribution in [0.2, 0.25) is 0 Å². The molecule has 6 heteroatoms. The molecule has 0 atom stereocenters. The van der Waals surface area contributed by atoms with Crippen LogP contribution < -0.4 is 9.47 Å². The van der Waals surface area contributed by atoms with E-state index in [0.717, 1.165) is 12.1 Å². The van der Waals surface area contributed by atoms with Crippen molar-refractivity contribution in [1.82, 2.24) is 0 Å². The van der Waals surface area contributed by atoms with Crippen LogP contribution in [-0.4, -0.2) is 13.2 Å². The molecule has 0 saturated heterocycles. The lowest BCUT2D eigenvalue weighted by molar-refractivity contribution is -0.139. The molecule has 0 N–H and O–H groups in total. The summed E-state index contributed by atoms with van der Waals surface area (Å²) in [5, 5.41) is 8.72. The molecule has 16 heavy (non-hydrogen) atoms. The second kappa shape index (κ2) is 3.59. The van der Waals surface area contributed by atoms with Crippen LogP contribution >= 0.6 is 0 Å². The molecule has 1 aliphatic rings. The van der Waals surface area contributed by atoms with Gasteiger partial charge in [0.2, 0.25) is 0 Å². The molecule has 0 aromatic heterocycles. The Balaban J connectivity index is 2.63. The van der Waals surface area contributed by atoms with E-state index in [2.05, 4.69) is 0 Å². The van der Waals surface area contributed by atoms with Crippen LogP contribution in [0.15, 0.2) is 12.1 Å². The number of rotatable bonds is 0. The van der Waals surface area contributed by atoms with Crippen molar-refractivity contribution in [3.05, 3.63) is 23.3 Å². The Hall–Kier alpha value is -1.90. The number of hydrogen-bond donors (Lipinski definition) is 0. The van der Waals surface area contributed by atoms with Gasteiger partial charge in [-0.05, 0) is 12.1 Å². The molecule has 0 amide bonds. The lowest BCUT2D eigenvalue weighted by Crippen LogP contribution is -2.20. The fourth-order valence-electron chi connectivity index (χ4n) is 1.45. The third-order valence-electron chi connectivity index (χ3n) is 2.11. The summed E-state index contributed by atoms with van der Waals surface area (Å²) in [7, 11) is 0. The summed E-state index contributed by atoms with van der Waals surface area (Å²) in [6.07, 6.45) is -4.52. The maximum Gasteiger partial charge on any atom is 0.420 e. The third kappa shape index (κ3) is 1.65. The molecule has 2 rings (SSSR count). The van der Waals surface area contributed by atoms with Gasteiger partial charge in [0.1, 0.15) is 24.8 Å². The fourth-order valence-corrected chi connectivity index (χ4v) is 1.45. The maximum atomic E-state index is 12.6. The molecule has 0 unspecified atom stereocenters. The Morgan fingerprint density at radius 2 is 1.75 bits per heavy atom. The summed E-state index contributed by atoms with van der Waals surface area (Å²) >= 11 is 0.